The molecule has 5 N–H and O–H groups in total. The molecule has 1 saturated heterocycles. The molecule has 3 atom stereocenters. The molecule has 13 heteroatoms. The van der Waals surface area contributed by atoms with E-state index in [1.165, 1.54) is 6.08 Å². The molecule has 2 aliphatic rings. The van der Waals surface area contributed by atoms with Crippen molar-refractivity contribution in [1.82, 2.24) is 30.0 Å². The van der Waals surface area contributed by atoms with Gasteiger partial charge < -0.3 is 30.3 Å². The second-order valence-corrected chi connectivity index (χ2v) is 12.2. The zero-order valence-corrected chi connectivity index (χ0v) is 24.1. The molecule has 0 radical (unpaired) electrons. The fraction of sp³-hybridized carbons (Fsp3) is 0.481. The Labute approximate surface area is 241 Å². The quantitative estimate of drug-likeness (QED) is 0.266. The van der Waals surface area contributed by atoms with Gasteiger partial charge in [-0.25, -0.2) is 4.98 Å². The Morgan fingerprint density at radius 3 is 2.50 bits per heavy atom. The van der Waals surface area contributed by atoms with Gasteiger partial charge >= 0.3 is 0 Å². The van der Waals surface area contributed by atoms with Gasteiger partial charge in [-0.1, -0.05) is 50.6 Å². The van der Waals surface area contributed by atoms with E-state index in [2.05, 4.69) is 53.2 Å². The zero-order valence-electron chi connectivity index (χ0n) is 22.5. The first-order chi connectivity index (χ1) is 18.9. The van der Waals surface area contributed by atoms with Gasteiger partial charge in [-0.2, -0.15) is 5.10 Å². The summed E-state index contributed by atoms with van der Waals surface area (Å²) in [6.45, 7) is 10.6. The van der Waals surface area contributed by atoms with Gasteiger partial charge in [-0.15, -0.1) is 0 Å². The Morgan fingerprint density at radius 2 is 1.88 bits per heavy atom. The van der Waals surface area contributed by atoms with E-state index >= 15 is 0 Å². The first-order valence-corrected chi connectivity index (χ1v) is 13.9. The highest BCUT2D eigenvalue weighted by Crippen LogP contribution is 2.37. The van der Waals surface area contributed by atoms with Crippen LogP contribution in [-0.2, 0) is 16.8 Å². The molecule has 214 valence electrons. The number of aliphatic hydroxyl groups excluding tert-OH is 2. The minimum atomic E-state index is -0.927. The number of halogens is 2. The van der Waals surface area contributed by atoms with Crippen LogP contribution in [0.5, 0.6) is 0 Å². The van der Waals surface area contributed by atoms with E-state index in [9.17, 15) is 19.8 Å². The third-order valence-corrected chi connectivity index (χ3v) is 8.14. The summed E-state index contributed by atoms with van der Waals surface area (Å²) >= 11 is 13.0. The maximum absolute atomic E-state index is 13.4. The van der Waals surface area contributed by atoms with Gasteiger partial charge in [0.25, 0.3) is 5.91 Å². The fourth-order valence-corrected chi connectivity index (χ4v) is 6.11. The summed E-state index contributed by atoms with van der Waals surface area (Å²) in [5, 5.41) is 35.7. The molecule has 1 unspecified atom stereocenters. The van der Waals surface area contributed by atoms with Crippen LogP contribution in [0.25, 0.3) is 10.9 Å². The van der Waals surface area contributed by atoms with E-state index in [1.807, 2.05) is 12.1 Å². The highest BCUT2D eigenvalue weighted by atomic mass is 35.5. The van der Waals surface area contributed by atoms with Crippen LogP contribution in [0, 0.1) is 0 Å². The van der Waals surface area contributed by atoms with E-state index in [-0.39, 0.29) is 47.6 Å². The number of carbonyl (C=O) groups is 2. The second-order valence-electron chi connectivity index (χ2n) is 11.5. The highest BCUT2D eigenvalue weighted by molar-refractivity contribution is 6.32. The highest BCUT2D eigenvalue weighted by Gasteiger charge is 2.38. The number of likely N-dealkylation sites (tertiary alicyclic amines) is 1. The van der Waals surface area contributed by atoms with Crippen LogP contribution >= 0.6 is 23.2 Å². The number of aliphatic hydroxyl groups is 2. The normalized spacial score (nSPS) is 21.5. The number of carbonyl (C=O) groups excluding carboxylic acids is 2. The number of fused-ring (bicyclic) bond motifs is 1. The molecule has 2 amide bonds. The van der Waals surface area contributed by atoms with Gasteiger partial charge in [-0.05, 0) is 42.0 Å². The topological polar surface area (TPSA) is 148 Å². The van der Waals surface area contributed by atoms with E-state index in [0.29, 0.717) is 29.8 Å². The number of nitrogens with one attached hydrogen (secondary N) is 3. The van der Waals surface area contributed by atoms with Crippen molar-refractivity contribution in [2.45, 2.75) is 69.9 Å². The lowest BCUT2D eigenvalue weighted by atomic mass is 9.86. The summed E-state index contributed by atoms with van der Waals surface area (Å²) in [6, 6.07) is 3.22. The molecule has 2 aromatic heterocycles. The number of aromatic nitrogens is 4. The number of amides is 2. The van der Waals surface area contributed by atoms with Crippen LogP contribution < -0.4 is 10.6 Å². The lowest BCUT2D eigenvalue weighted by Crippen LogP contribution is -2.60. The molecular weight excluding hydrogens is 557 g/mol. The summed E-state index contributed by atoms with van der Waals surface area (Å²) in [4.78, 5) is 31.2. The average molecular weight is 591 g/mol. The lowest BCUT2D eigenvalue weighted by molar-refractivity contribution is -0.130. The van der Waals surface area contributed by atoms with Crippen LogP contribution in [-0.4, -0.2) is 78.0 Å². The van der Waals surface area contributed by atoms with Crippen LogP contribution in [0.4, 0.5) is 5.82 Å². The Morgan fingerprint density at radius 1 is 1.20 bits per heavy atom. The molecule has 1 aliphatic heterocycles. The fourth-order valence-electron chi connectivity index (χ4n) is 5.39. The first kappa shape index (κ1) is 28.4. The maximum atomic E-state index is 13.4. The predicted octanol–water partition coefficient (Wildman–Crippen LogP) is 3.16. The third-order valence-electron chi connectivity index (χ3n) is 7.57. The summed E-state index contributed by atoms with van der Waals surface area (Å²) < 4.78 is 1.70. The third kappa shape index (κ3) is 5.30. The van der Waals surface area contributed by atoms with Gasteiger partial charge in [-0.3, -0.25) is 14.7 Å². The number of rotatable bonds is 7. The van der Waals surface area contributed by atoms with Crippen molar-refractivity contribution in [3.05, 3.63) is 52.0 Å². The Bertz CT molecular complexity index is 1460. The number of nitrogens with zero attached hydrogens (tertiary/aromatic N) is 4. The molecule has 1 aliphatic carbocycles. The Hall–Kier alpha value is -3.12. The molecule has 1 saturated carbocycles. The first-order valence-electron chi connectivity index (χ1n) is 13.1. The van der Waals surface area contributed by atoms with Gasteiger partial charge in [0.1, 0.15) is 11.5 Å². The lowest BCUT2D eigenvalue weighted by Gasteiger charge is -2.39. The minimum Gasteiger partial charge on any atom is -0.390 e. The van der Waals surface area contributed by atoms with Gasteiger partial charge in [0.05, 0.1) is 30.3 Å². The summed E-state index contributed by atoms with van der Waals surface area (Å²) in [5.74, 6) is 0.408. The molecular formula is C27H33Cl2N7O4. The van der Waals surface area contributed by atoms with Crippen LogP contribution in [0.2, 0.25) is 10.2 Å². The van der Waals surface area contributed by atoms with E-state index in [1.54, 1.807) is 9.47 Å². The van der Waals surface area contributed by atoms with Crippen molar-refractivity contribution >= 4 is 51.7 Å². The molecule has 3 aromatic rings. The van der Waals surface area contributed by atoms with E-state index in [0.717, 1.165) is 16.5 Å². The van der Waals surface area contributed by atoms with E-state index < -0.39 is 24.2 Å². The number of hydrogen-bond donors (Lipinski definition) is 5. The van der Waals surface area contributed by atoms with Crippen molar-refractivity contribution in [3.8, 4) is 0 Å². The molecule has 40 heavy (non-hydrogen) atoms. The van der Waals surface area contributed by atoms with E-state index in [4.69, 9.17) is 23.2 Å². The average Bonchev–Trinajstić information content (AvgIpc) is 3.52. The number of aromatic amines is 1. The maximum Gasteiger partial charge on any atom is 0.271 e. The van der Waals surface area contributed by atoms with Gasteiger partial charge in [0, 0.05) is 29.5 Å². The number of H-pyrrole nitrogens is 1. The van der Waals surface area contributed by atoms with Crippen molar-refractivity contribution < 1.29 is 19.8 Å². The summed E-state index contributed by atoms with van der Waals surface area (Å²) in [5.41, 5.74) is 1.72. The molecule has 3 heterocycles. The molecule has 11 nitrogen and oxygen atoms in total. The number of anilines is 1. The molecule has 5 rings (SSSR count). The predicted molar refractivity (Wildman–Crippen MR) is 153 cm³/mol. The van der Waals surface area contributed by atoms with Crippen molar-refractivity contribution in [3.63, 3.8) is 0 Å². The van der Waals surface area contributed by atoms with Crippen molar-refractivity contribution in [2.24, 2.45) is 0 Å². The van der Waals surface area contributed by atoms with Crippen molar-refractivity contribution in [2.75, 3.05) is 18.4 Å². The molecule has 0 spiro atoms. The second kappa shape index (κ2) is 10.7. The van der Waals surface area contributed by atoms with Crippen LogP contribution in [0.1, 0.15) is 61.5 Å². The summed E-state index contributed by atoms with van der Waals surface area (Å²) in [6.07, 6.45) is -0.135. The van der Waals surface area contributed by atoms with Crippen LogP contribution in [0.3, 0.4) is 0 Å². The molecule has 1 aromatic carbocycles. The Balaban J connectivity index is 1.42. The zero-order chi connectivity index (χ0) is 28.9. The number of hydrogen-bond acceptors (Lipinski definition) is 7. The monoisotopic (exact) mass is 589 g/mol. The summed E-state index contributed by atoms with van der Waals surface area (Å²) in [7, 11) is 0. The van der Waals surface area contributed by atoms with Crippen LogP contribution in [0.15, 0.2) is 24.8 Å². The largest absolute Gasteiger partial charge is 0.390 e. The Kier molecular flexibility index (Phi) is 7.60. The minimum absolute atomic E-state index is 0.0113. The van der Waals surface area contributed by atoms with Gasteiger partial charge in [0.15, 0.2) is 11.0 Å². The van der Waals surface area contributed by atoms with Crippen molar-refractivity contribution in [1.29, 1.82) is 0 Å². The smallest absolute Gasteiger partial charge is 0.271 e. The molecule has 0 bridgehead atoms. The molecule has 2 fully saturated rings. The standard InChI is InChI=1S/C27H33Cl2N7O4/c1-5-22(39)35-11-13(12-35)31-26(40)23-24(29)32-21(36(23)14-6-19(37)20(38)7-14)10-30-25-15-8-16(27(2,3)4)17(28)9-18(15)33-34-25/h5,8-9,13-14,19-20,37-38H,1,6-7,10-12H2,2-4H3,(H,31,40)(H2,30,33,34)/t14?,19-,20+. The SMILES string of the molecule is C=CC(=O)N1CC(NC(=O)c2c(Cl)nc(CNc3n[nH]c4cc(Cl)c(C(C)(C)C)cc34)n2C2C[C@@H](O)[C@@H](O)C2)C1. The number of imidazole rings is 1. The number of benzene rings is 1. The van der Waals surface area contributed by atoms with Gasteiger partial charge in [0.2, 0.25) is 5.91 Å².